The molecule has 0 aliphatic carbocycles. The molecule has 1 fully saturated rings. The number of likely N-dealkylation sites (tertiary alicyclic amines) is 1. The lowest BCUT2D eigenvalue weighted by atomic mass is 10.1. The molecule has 1 aliphatic heterocycles. The number of nitrogens with zero attached hydrogens (tertiary/aromatic N) is 4. The highest BCUT2D eigenvalue weighted by Crippen LogP contribution is 2.30. The summed E-state index contributed by atoms with van der Waals surface area (Å²) in [5.74, 6) is 1.16. The van der Waals surface area contributed by atoms with Crippen LogP contribution in [0.5, 0.6) is 5.75 Å². The molecule has 4 rings (SSSR count). The number of halogens is 1. The van der Waals surface area contributed by atoms with Gasteiger partial charge in [0.15, 0.2) is 11.0 Å². The number of rotatable bonds is 8. The Morgan fingerprint density at radius 3 is 2.56 bits per heavy atom. The molecule has 2 heterocycles. The lowest BCUT2D eigenvalue weighted by molar-refractivity contribution is -0.113. The molecule has 180 valence electrons. The van der Waals surface area contributed by atoms with Gasteiger partial charge in [-0.05, 0) is 81.7 Å². The summed E-state index contributed by atoms with van der Waals surface area (Å²) in [6.07, 6.45) is 3.63. The largest absolute Gasteiger partial charge is 0.497 e. The quantitative estimate of drug-likeness (QED) is 0.455. The summed E-state index contributed by atoms with van der Waals surface area (Å²) >= 11 is 1.31. The Balaban J connectivity index is 1.55. The zero-order chi connectivity index (χ0) is 24.1. The number of carbonyl (C=O) groups is 1. The van der Waals surface area contributed by atoms with Gasteiger partial charge in [0.05, 0.1) is 18.9 Å². The number of methoxy groups -OCH3 is 1. The van der Waals surface area contributed by atoms with Crippen LogP contribution in [0.1, 0.15) is 43.6 Å². The van der Waals surface area contributed by atoms with Gasteiger partial charge in [-0.2, -0.15) is 0 Å². The van der Waals surface area contributed by atoms with Crippen LogP contribution in [-0.4, -0.2) is 51.5 Å². The topological polar surface area (TPSA) is 72.3 Å². The monoisotopic (exact) mass is 483 g/mol. The highest BCUT2D eigenvalue weighted by molar-refractivity contribution is 7.99. The number of hydrogen-bond acceptors (Lipinski definition) is 6. The van der Waals surface area contributed by atoms with E-state index in [2.05, 4.69) is 27.3 Å². The minimum atomic E-state index is -0.346. The van der Waals surface area contributed by atoms with Crippen molar-refractivity contribution in [1.29, 1.82) is 0 Å². The van der Waals surface area contributed by atoms with Crippen molar-refractivity contribution in [2.75, 3.05) is 31.3 Å². The Hall–Kier alpha value is -2.91. The van der Waals surface area contributed by atoms with E-state index >= 15 is 0 Å². The molecule has 7 nitrogen and oxygen atoms in total. The summed E-state index contributed by atoms with van der Waals surface area (Å²) in [6, 6.07) is 12.5. The molecular weight excluding hydrogens is 453 g/mol. The van der Waals surface area contributed by atoms with Crippen molar-refractivity contribution in [3.63, 3.8) is 0 Å². The molecule has 1 atom stereocenters. The van der Waals surface area contributed by atoms with Crippen molar-refractivity contribution in [3.05, 3.63) is 59.7 Å². The second kappa shape index (κ2) is 11.0. The fraction of sp³-hybridized carbons (Fsp3) is 0.400. The summed E-state index contributed by atoms with van der Waals surface area (Å²) in [7, 11) is 1.64. The maximum absolute atomic E-state index is 13.8. The van der Waals surface area contributed by atoms with Gasteiger partial charge in [-0.25, -0.2) is 4.39 Å². The lowest BCUT2D eigenvalue weighted by Crippen LogP contribution is -2.33. The van der Waals surface area contributed by atoms with Crippen LogP contribution in [0, 0.1) is 12.7 Å². The number of anilines is 1. The van der Waals surface area contributed by atoms with E-state index in [0.717, 1.165) is 30.4 Å². The second-order valence-electron chi connectivity index (χ2n) is 8.45. The average molecular weight is 484 g/mol. The number of thioether (sulfide) groups is 1. The molecular formula is C25H30FN5O2S. The first-order valence-corrected chi connectivity index (χ1v) is 12.5. The van der Waals surface area contributed by atoms with E-state index in [4.69, 9.17) is 4.74 Å². The number of nitrogens with one attached hydrogen (secondary N) is 1. The van der Waals surface area contributed by atoms with Crippen LogP contribution in [0.15, 0.2) is 47.6 Å². The fourth-order valence-electron chi connectivity index (χ4n) is 4.09. The number of aryl methyl sites for hydroxylation is 1. The second-order valence-corrected chi connectivity index (χ2v) is 9.39. The van der Waals surface area contributed by atoms with Crippen LogP contribution in [0.25, 0.3) is 5.69 Å². The van der Waals surface area contributed by atoms with Gasteiger partial charge in [0.25, 0.3) is 0 Å². The van der Waals surface area contributed by atoms with E-state index in [1.165, 1.54) is 37.1 Å². The third-order valence-electron chi connectivity index (χ3n) is 6.09. The van der Waals surface area contributed by atoms with Gasteiger partial charge in [0, 0.05) is 11.4 Å². The first kappa shape index (κ1) is 24.2. The van der Waals surface area contributed by atoms with Crippen molar-refractivity contribution in [3.8, 4) is 11.4 Å². The van der Waals surface area contributed by atoms with Crippen molar-refractivity contribution in [2.24, 2.45) is 0 Å². The molecule has 0 bridgehead atoms. The van der Waals surface area contributed by atoms with Gasteiger partial charge in [0.2, 0.25) is 5.91 Å². The molecule has 9 heteroatoms. The zero-order valence-electron chi connectivity index (χ0n) is 19.8. The molecule has 34 heavy (non-hydrogen) atoms. The average Bonchev–Trinajstić information content (AvgIpc) is 3.29. The number of ether oxygens (including phenoxy) is 1. The van der Waals surface area contributed by atoms with Crippen LogP contribution < -0.4 is 10.1 Å². The fourth-order valence-corrected chi connectivity index (χ4v) is 4.84. The normalized spacial score (nSPS) is 15.2. The molecule has 0 radical (unpaired) electrons. The number of benzene rings is 2. The molecule has 1 saturated heterocycles. The molecule has 1 amide bonds. The van der Waals surface area contributed by atoms with Gasteiger partial charge >= 0.3 is 0 Å². The Morgan fingerprint density at radius 2 is 1.88 bits per heavy atom. The van der Waals surface area contributed by atoms with E-state index in [-0.39, 0.29) is 23.5 Å². The molecule has 1 aliphatic rings. The summed E-state index contributed by atoms with van der Waals surface area (Å²) < 4.78 is 21.1. The minimum absolute atomic E-state index is 0.0913. The van der Waals surface area contributed by atoms with Gasteiger partial charge in [-0.1, -0.05) is 24.2 Å². The minimum Gasteiger partial charge on any atom is -0.497 e. The van der Waals surface area contributed by atoms with Gasteiger partial charge in [-0.3, -0.25) is 14.3 Å². The van der Waals surface area contributed by atoms with Gasteiger partial charge in [0.1, 0.15) is 11.6 Å². The number of hydrogen-bond donors (Lipinski definition) is 1. The predicted molar refractivity (Wildman–Crippen MR) is 132 cm³/mol. The molecule has 2 aromatic carbocycles. The number of piperidine rings is 1. The van der Waals surface area contributed by atoms with E-state index < -0.39 is 0 Å². The van der Waals surface area contributed by atoms with E-state index in [1.54, 1.807) is 26.2 Å². The van der Waals surface area contributed by atoms with Crippen molar-refractivity contribution < 1.29 is 13.9 Å². The Kier molecular flexibility index (Phi) is 7.84. The predicted octanol–water partition coefficient (Wildman–Crippen LogP) is 5.00. The maximum atomic E-state index is 13.8. The molecule has 3 aromatic rings. The number of amides is 1. The highest BCUT2D eigenvalue weighted by atomic mass is 32.2. The van der Waals surface area contributed by atoms with E-state index in [1.807, 2.05) is 28.8 Å². The maximum Gasteiger partial charge on any atom is 0.234 e. The molecule has 1 aromatic heterocycles. The highest BCUT2D eigenvalue weighted by Gasteiger charge is 2.26. The summed E-state index contributed by atoms with van der Waals surface area (Å²) in [4.78, 5) is 15.0. The van der Waals surface area contributed by atoms with Crippen LogP contribution in [0.3, 0.4) is 0 Å². The van der Waals surface area contributed by atoms with Gasteiger partial charge < -0.3 is 10.1 Å². The number of aromatic nitrogens is 3. The third-order valence-corrected chi connectivity index (χ3v) is 7.02. The zero-order valence-corrected chi connectivity index (χ0v) is 20.6. The van der Waals surface area contributed by atoms with Gasteiger partial charge in [-0.15, -0.1) is 10.2 Å². The summed E-state index contributed by atoms with van der Waals surface area (Å²) in [5, 5.41) is 12.4. The molecule has 0 unspecified atom stereocenters. The van der Waals surface area contributed by atoms with Crippen LogP contribution in [-0.2, 0) is 4.79 Å². The van der Waals surface area contributed by atoms with E-state index in [0.29, 0.717) is 16.4 Å². The lowest BCUT2D eigenvalue weighted by Gasteiger charge is -2.31. The van der Waals surface area contributed by atoms with Crippen molar-refractivity contribution in [1.82, 2.24) is 19.7 Å². The molecule has 0 spiro atoms. The Labute approximate surface area is 203 Å². The van der Waals surface area contributed by atoms with Crippen LogP contribution >= 0.6 is 11.8 Å². The van der Waals surface area contributed by atoms with Crippen LogP contribution in [0.4, 0.5) is 10.1 Å². The van der Waals surface area contributed by atoms with E-state index in [9.17, 15) is 9.18 Å². The summed E-state index contributed by atoms with van der Waals surface area (Å²) in [5.41, 5.74) is 1.88. The number of carbonyl (C=O) groups excluding carboxylic acids is 1. The van der Waals surface area contributed by atoms with Crippen molar-refractivity contribution >= 4 is 23.4 Å². The molecule has 1 N–H and O–H groups in total. The summed E-state index contributed by atoms with van der Waals surface area (Å²) in [6.45, 7) is 5.91. The smallest absolute Gasteiger partial charge is 0.234 e. The Bertz CT molecular complexity index is 1130. The van der Waals surface area contributed by atoms with Crippen LogP contribution in [0.2, 0.25) is 0 Å². The molecule has 0 saturated carbocycles. The standard InChI is InChI=1S/C25H30FN5O2S/c1-17-7-8-19(15-22(17)26)27-23(32)16-34-25-29-28-24(18(2)30-13-5-4-6-14-30)31(25)20-9-11-21(33-3)12-10-20/h7-12,15,18H,4-6,13-14,16H2,1-3H3,(H,27,32)/t18-/m1/s1. The van der Waals surface area contributed by atoms with Crippen molar-refractivity contribution in [2.45, 2.75) is 44.3 Å². The third kappa shape index (κ3) is 5.59. The SMILES string of the molecule is COc1ccc(-n2c(SCC(=O)Nc3ccc(C)c(F)c3)nnc2[C@@H](C)N2CCCCC2)cc1. The Morgan fingerprint density at radius 1 is 1.15 bits per heavy atom. The first-order valence-electron chi connectivity index (χ1n) is 11.5. The first-order chi connectivity index (χ1) is 16.5.